The van der Waals surface area contributed by atoms with Gasteiger partial charge in [-0.05, 0) is 47.6 Å². The van der Waals surface area contributed by atoms with Crippen LogP contribution in [0.25, 0.3) is 5.70 Å². The number of nitrogens with one attached hydrogen (secondary N) is 2. The minimum atomic E-state index is -0.120. The van der Waals surface area contributed by atoms with Gasteiger partial charge in [0.05, 0.1) is 12.0 Å². The number of aryl methyl sites for hydroxylation is 1. The number of amides is 1. The third-order valence-corrected chi connectivity index (χ3v) is 3.93. The van der Waals surface area contributed by atoms with Crippen LogP contribution in [0.4, 0.5) is 5.69 Å². The summed E-state index contributed by atoms with van der Waals surface area (Å²) in [6.45, 7) is 5.66. The third-order valence-electron chi connectivity index (χ3n) is 3.37. The van der Waals surface area contributed by atoms with Gasteiger partial charge in [0.15, 0.2) is 0 Å². The van der Waals surface area contributed by atoms with Crippen LogP contribution in [0.1, 0.15) is 21.5 Å². The lowest BCUT2D eigenvalue weighted by atomic mass is 10.1. The molecule has 25 heavy (non-hydrogen) atoms. The van der Waals surface area contributed by atoms with Gasteiger partial charge in [0.25, 0.3) is 5.91 Å². The van der Waals surface area contributed by atoms with Crippen molar-refractivity contribution in [3.63, 3.8) is 0 Å². The molecule has 4 nitrogen and oxygen atoms in total. The Morgan fingerprint density at radius 2 is 1.92 bits per heavy atom. The maximum atomic E-state index is 12.3. The minimum Gasteiger partial charge on any atom is -0.346 e. The van der Waals surface area contributed by atoms with Gasteiger partial charge in [0.2, 0.25) is 0 Å². The first kappa shape index (κ1) is 18.5. The molecule has 2 N–H and O–H groups in total. The Bertz CT molecular complexity index is 795. The van der Waals surface area contributed by atoms with E-state index in [-0.39, 0.29) is 5.91 Å². The van der Waals surface area contributed by atoms with Gasteiger partial charge in [-0.15, -0.1) is 11.8 Å². The Kier molecular flexibility index (Phi) is 7.04. The Hall–Kier alpha value is -2.79. The molecule has 0 aliphatic rings. The number of anilines is 1. The first-order valence-electron chi connectivity index (χ1n) is 7.76. The van der Waals surface area contributed by atoms with Crippen molar-refractivity contribution < 1.29 is 4.79 Å². The summed E-state index contributed by atoms with van der Waals surface area (Å²) in [5.74, 6) is -0.120. The molecule has 5 heteroatoms. The largest absolute Gasteiger partial charge is 0.346 e. The number of carbonyl (C=O) groups is 1. The summed E-state index contributed by atoms with van der Waals surface area (Å²) in [6.07, 6.45) is 1.63. The predicted molar refractivity (Wildman–Crippen MR) is 109 cm³/mol. The highest BCUT2D eigenvalue weighted by atomic mass is 32.2. The Balaban J connectivity index is 2.12. The number of benzene rings is 2. The normalized spacial score (nSPS) is 11.4. The van der Waals surface area contributed by atoms with Crippen molar-refractivity contribution in [3.8, 4) is 0 Å². The zero-order valence-electron chi connectivity index (χ0n) is 14.3. The van der Waals surface area contributed by atoms with Crippen LogP contribution in [0.15, 0.2) is 70.9 Å². The van der Waals surface area contributed by atoms with Crippen LogP contribution in [-0.2, 0) is 0 Å². The molecular weight excluding hydrogens is 330 g/mol. The van der Waals surface area contributed by atoms with Gasteiger partial charge in [0, 0.05) is 18.3 Å². The van der Waals surface area contributed by atoms with E-state index < -0.39 is 0 Å². The predicted octanol–water partition coefficient (Wildman–Crippen LogP) is 4.67. The molecule has 0 heterocycles. The van der Waals surface area contributed by atoms with Crippen molar-refractivity contribution in [1.29, 1.82) is 0 Å². The number of nitrogens with zero attached hydrogens (tertiary/aromatic N) is 1. The van der Waals surface area contributed by atoms with Crippen LogP contribution in [0.2, 0.25) is 0 Å². The summed E-state index contributed by atoms with van der Waals surface area (Å²) >= 11 is 1.48. The second kappa shape index (κ2) is 9.49. The highest BCUT2D eigenvalue weighted by Crippen LogP contribution is 2.19. The first-order chi connectivity index (χ1) is 12.1. The van der Waals surface area contributed by atoms with Crippen LogP contribution in [-0.4, -0.2) is 19.3 Å². The molecule has 1 amide bonds. The maximum absolute atomic E-state index is 12.3. The average molecular weight is 351 g/mol. The fraction of sp³-hybridized carbons (Fsp3) is 0.100. The number of hydrogen-bond donors (Lipinski definition) is 2. The van der Waals surface area contributed by atoms with E-state index >= 15 is 0 Å². The average Bonchev–Trinajstić information content (AvgIpc) is 2.63. The molecule has 0 saturated heterocycles. The molecular formula is C20H21N3OS. The summed E-state index contributed by atoms with van der Waals surface area (Å²) in [7, 11) is 1.70. The molecule has 2 rings (SSSR count). The van der Waals surface area contributed by atoms with E-state index in [2.05, 4.69) is 22.2 Å². The van der Waals surface area contributed by atoms with Crippen molar-refractivity contribution in [2.45, 2.75) is 6.92 Å². The second-order valence-corrected chi connectivity index (χ2v) is 6.11. The molecule has 0 aromatic heterocycles. The Labute approximate surface area is 152 Å². The summed E-state index contributed by atoms with van der Waals surface area (Å²) in [4.78, 5) is 16.2. The molecule has 0 aliphatic heterocycles. The first-order valence-corrected chi connectivity index (χ1v) is 8.70. The topological polar surface area (TPSA) is 53.5 Å². The molecule has 0 fully saturated rings. The van der Waals surface area contributed by atoms with Crippen LogP contribution in [0, 0.1) is 6.92 Å². The Morgan fingerprint density at radius 3 is 2.56 bits per heavy atom. The minimum absolute atomic E-state index is 0.120. The van der Waals surface area contributed by atoms with Crippen LogP contribution in [0.3, 0.4) is 0 Å². The van der Waals surface area contributed by atoms with Gasteiger partial charge in [-0.1, -0.05) is 36.4 Å². The molecule has 0 radical (unpaired) electrons. The van der Waals surface area contributed by atoms with Crippen molar-refractivity contribution in [1.82, 2.24) is 5.32 Å². The van der Waals surface area contributed by atoms with E-state index in [0.29, 0.717) is 5.56 Å². The van der Waals surface area contributed by atoms with Gasteiger partial charge < -0.3 is 10.6 Å². The summed E-state index contributed by atoms with van der Waals surface area (Å²) < 4.78 is 0. The number of rotatable bonds is 7. The molecule has 0 saturated carbocycles. The second-order valence-electron chi connectivity index (χ2n) is 5.27. The zero-order valence-corrected chi connectivity index (χ0v) is 15.1. The monoisotopic (exact) mass is 351 g/mol. The van der Waals surface area contributed by atoms with Crippen LogP contribution >= 0.6 is 11.8 Å². The van der Waals surface area contributed by atoms with Gasteiger partial charge in [-0.2, -0.15) is 0 Å². The molecule has 0 unspecified atom stereocenters. The highest BCUT2D eigenvalue weighted by molar-refractivity contribution is 8.05. The standard InChI is InChI=1S/C20H21N3OS/c1-4-25-13-19(22-14-21-3)16-8-10-18(11-9-16)23-20(24)17-7-5-6-15(2)12-17/h4-14H,1H2,2-3H3,(H,21,22)(H,23,24)/b19-13+. The fourth-order valence-electron chi connectivity index (χ4n) is 2.16. The summed E-state index contributed by atoms with van der Waals surface area (Å²) in [5.41, 5.74) is 4.35. The quantitative estimate of drug-likeness (QED) is 0.563. The Morgan fingerprint density at radius 1 is 1.16 bits per heavy atom. The molecule has 0 aliphatic carbocycles. The summed E-state index contributed by atoms with van der Waals surface area (Å²) in [6, 6.07) is 15.1. The molecule has 0 spiro atoms. The van der Waals surface area contributed by atoms with Gasteiger partial charge in [-0.3, -0.25) is 9.79 Å². The maximum Gasteiger partial charge on any atom is 0.255 e. The number of thioether (sulfide) groups is 1. The fourth-order valence-corrected chi connectivity index (χ4v) is 2.59. The highest BCUT2D eigenvalue weighted by Gasteiger charge is 2.07. The van der Waals surface area contributed by atoms with E-state index in [0.717, 1.165) is 22.5 Å². The van der Waals surface area contributed by atoms with Crippen molar-refractivity contribution in [2.75, 3.05) is 12.4 Å². The molecule has 128 valence electrons. The smallest absolute Gasteiger partial charge is 0.255 e. The van der Waals surface area contributed by atoms with Crippen molar-refractivity contribution in [2.24, 2.45) is 4.99 Å². The van der Waals surface area contributed by atoms with Crippen LogP contribution < -0.4 is 10.6 Å². The number of aliphatic imine (C=N–C) groups is 1. The van der Waals surface area contributed by atoms with Crippen molar-refractivity contribution in [3.05, 3.63) is 82.6 Å². The molecule has 0 bridgehead atoms. The lowest BCUT2D eigenvalue weighted by Crippen LogP contribution is -2.12. The van der Waals surface area contributed by atoms with E-state index in [4.69, 9.17) is 0 Å². The van der Waals surface area contributed by atoms with Gasteiger partial charge in [-0.25, -0.2) is 0 Å². The zero-order chi connectivity index (χ0) is 18.1. The van der Waals surface area contributed by atoms with Crippen molar-refractivity contribution >= 4 is 35.4 Å². The van der Waals surface area contributed by atoms with Crippen LogP contribution in [0.5, 0.6) is 0 Å². The van der Waals surface area contributed by atoms with E-state index in [1.165, 1.54) is 11.8 Å². The number of hydrogen-bond acceptors (Lipinski definition) is 3. The lowest BCUT2D eigenvalue weighted by molar-refractivity contribution is 0.102. The van der Waals surface area contributed by atoms with E-state index in [9.17, 15) is 4.79 Å². The van der Waals surface area contributed by atoms with Gasteiger partial charge in [0.1, 0.15) is 0 Å². The lowest BCUT2D eigenvalue weighted by Gasteiger charge is -2.09. The third kappa shape index (κ3) is 5.65. The van der Waals surface area contributed by atoms with E-state index in [1.54, 1.807) is 24.9 Å². The molecule has 2 aromatic rings. The molecule has 2 aromatic carbocycles. The number of carbonyl (C=O) groups excluding carboxylic acids is 1. The molecule has 0 atom stereocenters. The van der Waals surface area contributed by atoms with Gasteiger partial charge >= 0.3 is 0 Å². The summed E-state index contributed by atoms with van der Waals surface area (Å²) in [5, 5.41) is 9.74. The van der Waals surface area contributed by atoms with E-state index in [1.807, 2.05) is 54.8 Å². The SMILES string of the molecule is C=CS/C=C(/NC=NC)c1ccc(NC(=O)c2cccc(C)c2)cc1.